The molecule has 1 aromatic carbocycles. The van der Waals surface area contributed by atoms with Crippen molar-refractivity contribution in [3.63, 3.8) is 0 Å². The zero-order valence-corrected chi connectivity index (χ0v) is 11.4. The molecule has 0 unspecified atom stereocenters. The number of aliphatic hydroxyl groups excluding tert-OH is 2. The van der Waals surface area contributed by atoms with Crippen LogP contribution in [-0.4, -0.2) is 36.6 Å². The summed E-state index contributed by atoms with van der Waals surface area (Å²) in [4.78, 5) is 0. The Morgan fingerprint density at radius 2 is 1.68 bits per heavy atom. The fraction of sp³-hybridized carbons (Fsp3) is 0.625. The fourth-order valence-corrected chi connectivity index (χ4v) is 2.95. The predicted octanol–water partition coefficient (Wildman–Crippen LogP) is 2.02. The highest BCUT2D eigenvalue weighted by Crippen LogP contribution is 2.34. The van der Waals surface area contributed by atoms with E-state index in [4.69, 9.17) is 4.74 Å². The molecule has 0 aliphatic carbocycles. The second kappa shape index (κ2) is 7.04. The molecule has 0 saturated carbocycles. The average Bonchev–Trinajstić information content (AvgIpc) is 2.48. The molecule has 1 saturated heterocycles. The first-order chi connectivity index (χ1) is 9.28. The Labute approximate surface area is 115 Å². The van der Waals surface area contributed by atoms with Gasteiger partial charge in [-0.1, -0.05) is 30.3 Å². The monoisotopic (exact) mass is 264 g/mol. The van der Waals surface area contributed by atoms with E-state index in [2.05, 4.69) is 12.1 Å². The van der Waals surface area contributed by atoms with Gasteiger partial charge in [0.25, 0.3) is 0 Å². The molecule has 0 bridgehead atoms. The smallest absolute Gasteiger partial charge is 0.0512 e. The summed E-state index contributed by atoms with van der Waals surface area (Å²) in [7, 11) is 0. The van der Waals surface area contributed by atoms with E-state index in [1.165, 1.54) is 5.56 Å². The Bertz CT molecular complexity index is 354. The van der Waals surface area contributed by atoms with Gasteiger partial charge in [0.1, 0.15) is 0 Å². The van der Waals surface area contributed by atoms with E-state index in [1.807, 2.05) is 18.2 Å². The van der Waals surface area contributed by atoms with Crippen molar-refractivity contribution >= 4 is 0 Å². The summed E-state index contributed by atoms with van der Waals surface area (Å²) < 4.78 is 5.37. The Morgan fingerprint density at radius 1 is 1.05 bits per heavy atom. The standard InChI is InChI=1S/C16H24O3/c17-12-16(13-18,10-14-4-2-1-3-5-14)11-15-6-8-19-9-7-15/h1-5,15,17-18H,6-13H2. The van der Waals surface area contributed by atoms with Crippen LogP contribution < -0.4 is 0 Å². The van der Waals surface area contributed by atoms with Gasteiger partial charge in [0, 0.05) is 18.6 Å². The SMILES string of the molecule is OCC(CO)(Cc1ccccc1)CC1CCOCC1. The highest BCUT2D eigenvalue weighted by molar-refractivity contribution is 5.16. The van der Waals surface area contributed by atoms with Gasteiger partial charge in [-0.3, -0.25) is 0 Å². The third kappa shape index (κ3) is 4.03. The summed E-state index contributed by atoms with van der Waals surface area (Å²) in [5, 5.41) is 19.6. The molecule has 3 nitrogen and oxygen atoms in total. The van der Waals surface area contributed by atoms with E-state index in [9.17, 15) is 10.2 Å². The minimum atomic E-state index is -0.399. The third-order valence-corrected chi connectivity index (χ3v) is 4.16. The molecule has 0 atom stereocenters. The van der Waals surface area contributed by atoms with Crippen molar-refractivity contribution in [3.8, 4) is 0 Å². The summed E-state index contributed by atoms with van der Waals surface area (Å²) in [6.45, 7) is 1.69. The largest absolute Gasteiger partial charge is 0.396 e. The second-order valence-electron chi connectivity index (χ2n) is 5.74. The Balaban J connectivity index is 2.03. The number of rotatable bonds is 6. The first-order valence-electron chi connectivity index (χ1n) is 7.11. The molecule has 2 rings (SSSR count). The predicted molar refractivity (Wildman–Crippen MR) is 74.9 cm³/mol. The molecule has 19 heavy (non-hydrogen) atoms. The van der Waals surface area contributed by atoms with E-state index < -0.39 is 5.41 Å². The molecular weight excluding hydrogens is 240 g/mol. The van der Waals surface area contributed by atoms with Gasteiger partial charge in [0.15, 0.2) is 0 Å². The van der Waals surface area contributed by atoms with Gasteiger partial charge >= 0.3 is 0 Å². The summed E-state index contributed by atoms with van der Waals surface area (Å²) in [5.74, 6) is 0.553. The normalized spacial score (nSPS) is 17.6. The van der Waals surface area contributed by atoms with Crippen LogP contribution in [0.15, 0.2) is 30.3 Å². The van der Waals surface area contributed by atoms with Crippen LogP contribution in [0.2, 0.25) is 0 Å². The molecule has 3 heteroatoms. The topological polar surface area (TPSA) is 49.7 Å². The number of benzene rings is 1. The van der Waals surface area contributed by atoms with Crippen molar-refractivity contribution < 1.29 is 14.9 Å². The highest BCUT2D eigenvalue weighted by atomic mass is 16.5. The molecule has 1 heterocycles. The third-order valence-electron chi connectivity index (χ3n) is 4.16. The zero-order chi connectivity index (χ0) is 13.6. The van der Waals surface area contributed by atoms with E-state index in [1.54, 1.807) is 0 Å². The number of hydrogen-bond acceptors (Lipinski definition) is 3. The van der Waals surface area contributed by atoms with Crippen molar-refractivity contribution in [1.29, 1.82) is 0 Å². The van der Waals surface area contributed by atoms with Crippen molar-refractivity contribution in [3.05, 3.63) is 35.9 Å². The quantitative estimate of drug-likeness (QED) is 0.826. The molecule has 0 spiro atoms. The van der Waals surface area contributed by atoms with E-state index in [0.717, 1.165) is 38.9 Å². The van der Waals surface area contributed by atoms with Crippen molar-refractivity contribution in [1.82, 2.24) is 0 Å². The summed E-state index contributed by atoms with van der Waals surface area (Å²) in [5.41, 5.74) is 0.779. The minimum absolute atomic E-state index is 0.0375. The maximum absolute atomic E-state index is 9.78. The van der Waals surface area contributed by atoms with Gasteiger partial charge in [0.05, 0.1) is 13.2 Å². The summed E-state index contributed by atoms with van der Waals surface area (Å²) >= 11 is 0. The van der Waals surface area contributed by atoms with Crippen LogP contribution in [0.25, 0.3) is 0 Å². The molecule has 1 fully saturated rings. The molecule has 1 aromatic rings. The maximum atomic E-state index is 9.78. The lowest BCUT2D eigenvalue weighted by molar-refractivity contribution is 0.00256. The van der Waals surface area contributed by atoms with Gasteiger partial charge in [-0.05, 0) is 37.2 Å². The Hall–Kier alpha value is -0.900. The second-order valence-corrected chi connectivity index (χ2v) is 5.74. The Morgan fingerprint density at radius 3 is 2.26 bits per heavy atom. The molecule has 2 N–H and O–H groups in total. The summed E-state index contributed by atoms with van der Waals surface area (Å²) in [6.07, 6.45) is 3.68. The maximum Gasteiger partial charge on any atom is 0.0512 e. The van der Waals surface area contributed by atoms with Crippen LogP contribution in [-0.2, 0) is 11.2 Å². The lowest BCUT2D eigenvalue weighted by Crippen LogP contribution is -2.36. The van der Waals surface area contributed by atoms with Gasteiger partial charge in [0.2, 0.25) is 0 Å². The Kier molecular flexibility index (Phi) is 5.37. The average molecular weight is 264 g/mol. The van der Waals surface area contributed by atoms with Crippen LogP contribution in [0.1, 0.15) is 24.8 Å². The molecule has 0 amide bonds. The first kappa shape index (κ1) is 14.5. The van der Waals surface area contributed by atoms with Gasteiger partial charge in [-0.2, -0.15) is 0 Å². The molecule has 1 aliphatic rings. The first-order valence-corrected chi connectivity index (χ1v) is 7.11. The minimum Gasteiger partial charge on any atom is -0.396 e. The van der Waals surface area contributed by atoms with E-state index >= 15 is 0 Å². The van der Waals surface area contributed by atoms with Crippen LogP contribution in [0.5, 0.6) is 0 Å². The van der Waals surface area contributed by atoms with Crippen LogP contribution in [0.3, 0.4) is 0 Å². The van der Waals surface area contributed by atoms with Crippen molar-refractivity contribution in [2.75, 3.05) is 26.4 Å². The number of hydrogen-bond donors (Lipinski definition) is 2. The van der Waals surface area contributed by atoms with Crippen molar-refractivity contribution in [2.45, 2.75) is 25.7 Å². The van der Waals surface area contributed by atoms with Crippen LogP contribution in [0.4, 0.5) is 0 Å². The molecule has 0 aromatic heterocycles. The van der Waals surface area contributed by atoms with Gasteiger partial charge < -0.3 is 14.9 Å². The fourth-order valence-electron chi connectivity index (χ4n) is 2.95. The lowest BCUT2D eigenvalue weighted by Gasteiger charge is -2.35. The summed E-state index contributed by atoms with van der Waals surface area (Å²) in [6, 6.07) is 10.1. The zero-order valence-electron chi connectivity index (χ0n) is 11.4. The van der Waals surface area contributed by atoms with Crippen LogP contribution >= 0.6 is 0 Å². The van der Waals surface area contributed by atoms with E-state index in [0.29, 0.717) is 5.92 Å². The van der Waals surface area contributed by atoms with E-state index in [-0.39, 0.29) is 13.2 Å². The lowest BCUT2D eigenvalue weighted by atomic mass is 9.74. The van der Waals surface area contributed by atoms with Gasteiger partial charge in [-0.25, -0.2) is 0 Å². The highest BCUT2D eigenvalue weighted by Gasteiger charge is 2.32. The molecule has 106 valence electrons. The molecule has 1 aliphatic heterocycles. The van der Waals surface area contributed by atoms with Crippen LogP contribution in [0, 0.1) is 11.3 Å². The number of ether oxygens (including phenoxy) is 1. The number of aliphatic hydroxyl groups is 2. The van der Waals surface area contributed by atoms with Gasteiger partial charge in [-0.15, -0.1) is 0 Å². The molecule has 0 radical (unpaired) electrons. The molecular formula is C16H24O3. The van der Waals surface area contributed by atoms with Crippen molar-refractivity contribution in [2.24, 2.45) is 11.3 Å².